The van der Waals surface area contributed by atoms with Crippen LogP contribution in [0.1, 0.15) is 22.8 Å². The molecule has 0 spiro atoms. The zero-order chi connectivity index (χ0) is 29.9. The van der Waals surface area contributed by atoms with E-state index in [1.165, 1.54) is 11.8 Å². The van der Waals surface area contributed by atoms with Gasteiger partial charge in [-0.15, -0.1) is 11.8 Å². The maximum atomic E-state index is 13.4. The highest BCUT2D eigenvalue weighted by Crippen LogP contribution is 2.25. The van der Waals surface area contributed by atoms with Crippen molar-refractivity contribution in [1.82, 2.24) is 5.32 Å². The van der Waals surface area contributed by atoms with Crippen molar-refractivity contribution in [3.8, 4) is 5.75 Å². The minimum atomic E-state index is -0.508. The van der Waals surface area contributed by atoms with E-state index in [0.29, 0.717) is 44.9 Å². The van der Waals surface area contributed by atoms with E-state index in [0.717, 1.165) is 4.90 Å². The predicted molar refractivity (Wildman–Crippen MR) is 170 cm³/mol. The second kappa shape index (κ2) is 15.1. The SMILES string of the molecule is CCOc1ccc(/C=C(/NC(=O)c2ccccc2)C(=O)Nc2cccc(SCC(=O)Nc3cc(Cl)cc(Cl)c3)c2)cc1. The lowest BCUT2D eigenvalue weighted by Gasteiger charge is -2.12. The van der Waals surface area contributed by atoms with E-state index >= 15 is 0 Å². The average molecular weight is 621 g/mol. The van der Waals surface area contributed by atoms with Crippen LogP contribution in [-0.2, 0) is 9.59 Å². The maximum absolute atomic E-state index is 13.4. The first-order valence-electron chi connectivity index (χ1n) is 12.9. The Morgan fingerprint density at radius 1 is 0.810 bits per heavy atom. The first-order chi connectivity index (χ1) is 20.3. The van der Waals surface area contributed by atoms with Crippen molar-refractivity contribution in [3.05, 3.63) is 124 Å². The van der Waals surface area contributed by atoms with Crippen molar-refractivity contribution in [2.45, 2.75) is 11.8 Å². The summed E-state index contributed by atoms with van der Waals surface area (Å²) in [6.45, 7) is 2.43. The van der Waals surface area contributed by atoms with E-state index in [4.69, 9.17) is 27.9 Å². The predicted octanol–water partition coefficient (Wildman–Crippen LogP) is 7.53. The summed E-state index contributed by atoms with van der Waals surface area (Å²) in [4.78, 5) is 39.5. The standard InChI is InChI=1S/C32H27Cl2N3O4S/c1-2-41-27-13-11-21(12-14-27)15-29(37-31(39)22-7-4-3-5-8-22)32(40)36-25-9-6-10-28(19-25)42-20-30(38)35-26-17-23(33)16-24(34)18-26/h3-19H,2,20H2,1H3,(H,35,38)(H,36,40)(H,37,39)/b29-15+. The van der Waals surface area contributed by atoms with Crippen LogP contribution in [0.4, 0.5) is 11.4 Å². The molecule has 0 aromatic heterocycles. The van der Waals surface area contributed by atoms with E-state index in [-0.39, 0.29) is 17.4 Å². The molecule has 4 aromatic rings. The fourth-order valence-electron chi connectivity index (χ4n) is 3.77. The molecule has 10 heteroatoms. The van der Waals surface area contributed by atoms with Gasteiger partial charge in [-0.3, -0.25) is 14.4 Å². The Balaban J connectivity index is 1.45. The zero-order valence-electron chi connectivity index (χ0n) is 22.5. The fourth-order valence-corrected chi connectivity index (χ4v) is 5.05. The van der Waals surface area contributed by atoms with E-state index < -0.39 is 11.8 Å². The molecule has 0 bridgehead atoms. The summed E-state index contributed by atoms with van der Waals surface area (Å²) in [5.41, 5.74) is 2.18. The van der Waals surface area contributed by atoms with Crippen molar-refractivity contribution >= 4 is 70.1 Å². The number of carbonyl (C=O) groups excluding carboxylic acids is 3. The molecule has 4 aromatic carbocycles. The number of hydrogen-bond acceptors (Lipinski definition) is 5. The molecule has 0 aliphatic rings. The minimum Gasteiger partial charge on any atom is -0.494 e. The Hall–Kier alpha value is -4.24. The lowest BCUT2D eigenvalue weighted by Crippen LogP contribution is -2.30. The van der Waals surface area contributed by atoms with Gasteiger partial charge >= 0.3 is 0 Å². The van der Waals surface area contributed by atoms with Crippen LogP contribution in [0.5, 0.6) is 5.75 Å². The Kier molecular flexibility index (Phi) is 11.1. The molecule has 3 amide bonds. The topological polar surface area (TPSA) is 96.5 Å². The lowest BCUT2D eigenvalue weighted by molar-refractivity contribution is -0.114. The van der Waals surface area contributed by atoms with Gasteiger partial charge in [-0.05, 0) is 79.2 Å². The molecule has 0 fully saturated rings. The number of amides is 3. The zero-order valence-corrected chi connectivity index (χ0v) is 24.9. The third kappa shape index (κ3) is 9.41. The summed E-state index contributed by atoms with van der Waals surface area (Å²) < 4.78 is 5.49. The molecule has 3 N–H and O–H groups in total. The van der Waals surface area contributed by atoms with E-state index in [1.54, 1.807) is 91.0 Å². The van der Waals surface area contributed by atoms with Crippen LogP contribution in [0.25, 0.3) is 6.08 Å². The van der Waals surface area contributed by atoms with Gasteiger partial charge in [0.2, 0.25) is 5.91 Å². The summed E-state index contributed by atoms with van der Waals surface area (Å²) in [5, 5.41) is 9.18. The Bertz CT molecular complexity index is 1580. The van der Waals surface area contributed by atoms with E-state index in [2.05, 4.69) is 16.0 Å². The Labute approximate surface area is 258 Å². The van der Waals surface area contributed by atoms with Crippen molar-refractivity contribution < 1.29 is 19.1 Å². The molecular weight excluding hydrogens is 593 g/mol. The first kappa shape index (κ1) is 30.7. The molecule has 0 radical (unpaired) electrons. The number of carbonyl (C=O) groups is 3. The van der Waals surface area contributed by atoms with Gasteiger partial charge in [0, 0.05) is 31.9 Å². The third-order valence-corrected chi connectivity index (χ3v) is 7.07. The molecule has 0 unspecified atom stereocenters. The van der Waals surface area contributed by atoms with Crippen LogP contribution in [0.2, 0.25) is 10.0 Å². The van der Waals surface area contributed by atoms with Crippen LogP contribution >= 0.6 is 35.0 Å². The molecule has 214 valence electrons. The Morgan fingerprint density at radius 3 is 2.21 bits per heavy atom. The highest BCUT2D eigenvalue weighted by Gasteiger charge is 2.16. The van der Waals surface area contributed by atoms with Gasteiger partial charge in [0.15, 0.2) is 0 Å². The number of benzene rings is 4. The lowest BCUT2D eigenvalue weighted by atomic mass is 10.1. The van der Waals surface area contributed by atoms with Crippen molar-refractivity contribution in [1.29, 1.82) is 0 Å². The fraction of sp³-hybridized carbons (Fsp3) is 0.0938. The number of halogens is 2. The molecule has 0 atom stereocenters. The van der Waals surface area contributed by atoms with E-state index in [1.807, 2.05) is 19.1 Å². The number of thioether (sulfide) groups is 1. The number of anilines is 2. The van der Waals surface area contributed by atoms with Gasteiger partial charge in [0.1, 0.15) is 11.4 Å². The normalized spacial score (nSPS) is 11.0. The van der Waals surface area contributed by atoms with Gasteiger partial charge in [0.05, 0.1) is 12.4 Å². The van der Waals surface area contributed by atoms with Crippen molar-refractivity contribution in [2.24, 2.45) is 0 Å². The summed E-state index contributed by atoms with van der Waals surface area (Å²) in [6, 6.07) is 27.7. The molecule has 0 saturated heterocycles. The largest absolute Gasteiger partial charge is 0.494 e. The number of nitrogens with one attached hydrogen (secondary N) is 3. The highest BCUT2D eigenvalue weighted by atomic mass is 35.5. The average Bonchev–Trinajstić information content (AvgIpc) is 2.97. The number of ether oxygens (including phenoxy) is 1. The smallest absolute Gasteiger partial charge is 0.272 e. The van der Waals surface area contributed by atoms with Gasteiger partial charge in [-0.2, -0.15) is 0 Å². The van der Waals surface area contributed by atoms with Gasteiger partial charge in [-0.1, -0.05) is 59.6 Å². The van der Waals surface area contributed by atoms with Gasteiger partial charge in [-0.25, -0.2) is 0 Å². The highest BCUT2D eigenvalue weighted by molar-refractivity contribution is 8.00. The summed E-state index contributed by atoms with van der Waals surface area (Å²) in [7, 11) is 0. The van der Waals surface area contributed by atoms with Crippen molar-refractivity contribution in [2.75, 3.05) is 23.0 Å². The number of rotatable bonds is 11. The molecule has 42 heavy (non-hydrogen) atoms. The van der Waals surface area contributed by atoms with Crippen molar-refractivity contribution in [3.63, 3.8) is 0 Å². The molecule has 4 rings (SSSR count). The second-order valence-corrected chi connectivity index (χ2v) is 10.8. The van der Waals surface area contributed by atoms with Crippen LogP contribution < -0.4 is 20.7 Å². The quantitative estimate of drug-likeness (QED) is 0.119. The molecular formula is C32H27Cl2N3O4S. The van der Waals surface area contributed by atoms with Crippen LogP contribution in [0.15, 0.2) is 108 Å². The van der Waals surface area contributed by atoms with Gasteiger partial charge < -0.3 is 20.7 Å². The first-order valence-corrected chi connectivity index (χ1v) is 14.6. The summed E-state index contributed by atoms with van der Waals surface area (Å²) >= 11 is 13.3. The third-order valence-electron chi connectivity index (χ3n) is 5.64. The minimum absolute atomic E-state index is 0.0608. The Morgan fingerprint density at radius 2 is 1.52 bits per heavy atom. The molecule has 0 heterocycles. The van der Waals surface area contributed by atoms with E-state index in [9.17, 15) is 14.4 Å². The molecule has 0 saturated carbocycles. The van der Waals surface area contributed by atoms with Crippen LogP contribution in [0, 0.1) is 0 Å². The monoisotopic (exact) mass is 619 g/mol. The van der Waals surface area contributed by atoms with Crippen LogP contribution in [0.3, 0.4) is 0 Å². The summed E-state index contributed by atoms with van der Waals surface area (Å²) in [5.74, 6) is -0.340. The maximum Gasteiger partial charge on any atom is 0.272 e. The molecule has 0 aliphatic heterocycles. The molecule has 0 aliphatic carbocycles. The number of hydrogen-bond donors (Lipinski definition) is 3. The van der Waals surface area contributed by atoms with Gasteiger partial charge in [0.25, 0.3) is 11.8 Å². The second-order valence-electron chi connectivity index (χ2n) is 8.86. The van der Waals surface area contributed by atoms with Crippen LogP contribution in [-0.4, -0.2) is 30.1 Å². The summed E-state index contributed by atoms with van der Waals surface area (Å²) in [6.07, 6.45) is 1.59. The molecule has 7 nitrogen and oxygen atoms in total.